The van der Waals surface area contributed by atoms with E-state index in [0.29, 0.717) is 5.56 Å². The zero-order chi connectivity index (χ0) is 19.5. The largest absolute Gasteiger partial charge is 0.478 e. The van der Waals surface area contributed by atoms with Crippen LogP contribution in [0.3, 0.4) is 0 Å². The summed E-state index contributed by atoms with van der Waals surface area (Å²) in [6.07, 6.45) is -3.02. The van der Waals surface area contributed by atoms with Crippen LogP contribution in [-0.2, 0) is 11.0 Å². The van der Waals surface area contributed by atoms with Crippen molar-refractivity contribution in [2.45, 2.75) is 13.1 Å². The molecule has 0 aliphatic rings. The summed E-state index contributed by atoms with van der Waals surface area (Å²) in [4.78, 5) is 23.2. The molecule has 0 saturated carbocycles. The summed E-state index contributed by atoms with van der Waals surface area (Å²) in [7, 11) is 0. The molecule has 0 bridgehead atoms. The minimum atomic E-state index is -4.43. The van der Waals surface area contributed by atoms with E-state index in [0.717, 1.165) is 12.1 Å². The van der Waals surface area contributed by atoms with Crippen molar-refractivity contribution in [1.29, 1.82) is 0 Å². The molecule has 4 nitrogen and oxygen atoms in total. The lowest BCUT2D eigenvalue weighted by molar-refractivity contribution is -0.137. The number of benzene rings is 2. The molecule has 136 valence electrons. The van der Waals surface area contributed by atoms with Crippen LogP contribution in [0.1, 0.15) is 28.4 Å². The van der Waals surface area contributed by atoms with Crippen LogP contribution >= 0.6 is 11.6 Å². The molecule has 2 rings (SSSR count). The molecule has 0 radical (unpaired) electrons. The second-order valence-corrected chi connectivity index (χ2v) is 5.81. The lowest BCUT2D eigenvalue weighted by atomic mass is 10.1. The van der Waals surface area contributed by atoms with Crippen LogP contribution in [0, 0.1) is 0 Å². The number of alkyl halides is 3. The molecular weight excluding hydrogens is 371 g/mol. The number of amides is 1. The predicted molar refractivity (Wildman–Crippen MR) is 92.1 cm³/mol. The standard InChI is InChI=1S/C18H13ClF3NO3/c1-10(8-11-2-5-13(6-3-11)18(20,21)22)16(24)23-15-9-12(17(25)26)4-7-14(15)19/h2-9H,1H3,(H,23,24)(H,25,26). The van der Waals surface area contributed by atoms with Crippen molar-refractivity contribution in [3.05, 3.63) is 69.8 Å². The van der Waals surface area contributed by atoms with E-state index in [1.165, 1.54) is 43.3 Å². The van der Waals surface area contributed by atoms with Crippen molar-refractivity contribution in [3.63, 3.8) is 0 Å². The van der Waals surface area contributed by atoms with Crippen LogP contribution < -0.4 is 5.32 Å². The van der Waals surface area contributed by atoms with E-state index in [1.54, 1.807) is 0 Å². The second-order valence-electron chi connectivity index (χ2n) is 5.40. The molecule has 0 spiro atoms. The van der Waals surface area contributed by atoms with Crippen LogP contribution in [0.2, 0.25) is 5.02 Å². The topological polar surface area (TPSA) is 66.4 Å². The van der Waals surface area contributed by atoms with Gasteiger partial charge in [-0.25, -0.2) is 4.79 Å². The van der Waals surface area contributed by atoms with Crippen molar-refractivity contribution < 1.29 is 27.9 Å². The van der Waals surface area contributed by atoms with E-state index in [1.807, 2.05) is 0 Å². The van der Waals surface area contributed by atoms with E-state index in [4.69, 9.17) is 16.7 Å². The highest BCUT2D eigenvalue weighted by molar-refractivity contribution is 6.34. The fourth-order valence-electron chi connectivity index (χ4n) is 2.06. The van der Waals surface area contributed by atoms with Crippen LogP contribution in [0.4, 0.5) is 18.9 Å². The highest BCUT2D eigenvalue weighted by Gasteiger charge is 2.29. The number of hydrogen-bond donors (Lipinski definition) is 2. The van der Waals surface area contributed by atoms with Crippen molar-refractivity contribution in [2.24, 2.45) is 0 Å². The average Bonchev–Trinajstić information content (AvgIpc) is 2.56. The van der Waals surface area contributed by atoms with Gasteiger partial charge in [-0.15, -0.1) is 0 Å². The van der Waals surface area contributed by atoms with Crippen LogP contribution in [0.5, 0.6) is 0 Å². The van der Waals surface area contributed by atoms with Gasteiger partial charge >= 0.3 is 12.1 Å². The SMILES string of the molecule is CC(=Cc1ccc(C(F)(F)F)cc1)C(=O)Nc1cc(C(=O)O)ccc1Cl. The highest BCUT2D eigenvalue weighted by atomic mass is 35.5. The van der Waals surface area contributed by atoms with Crippen LogP contribution in [0.25, 0.3) is 6.08 Å². The van der Waals surface area contributed by atoms with Crippen molar-refractivity contribution in [1.82, 2.24) is 0 Å². The highest BCUT2D eigenvalue weighted by Crippen LogP contribution is 2.29. The Bertz CT molecular complexity index is 874. The second kappa shape index (κ2) is 7.61. The van der Waals surface area contributed by atoms with Gasteiger partial charge in [0.1, 0.15) is 0 Å². The summed E-state index contributed by atoms with van der Waals surface area (Å²) in [6, 6.07) is 8.19. The molecule has 0 aromatic heterocycles. The molecule has 0 aliphatic carbocycles. The number of aromatic carboxylic acids is 1. The third-order valence-electron chi connectivity index (χ3n) is 3.44. The molecule has 2 aromatic rings. The quantitative estimate of drug-likeness (QED) is 0.722. The maximum absolute atomic E-state index is 12.5. The average molecular weight is 384 g/mol. The third-order valence-corrected chi connectivity index (χ3v) is 3.77. The summed E-state index contributed by atoms with van der Waals surface area (Å²) in [5.41, 5.74) is -0.0857. The number of rotatable bonds is 4. The van der Waals surface area contributed by atoms with Crippen molar-refractivity contribution >= 4 is 35.2 Å². The third kappa shape index (κ3) is 4.86. The molecule has 0 saturated heterocycles. The molecule has 8 heteroatoms. The Kier molecular flexibility index (Phi) is 5.72. The molecule has 26 heavy (non-hydrogen) atoms. The Morgan fingerprint density at radius 3 is 2.27 bits per heavy atom. The number of nitrogens with one attached hydrogen (secondary N) is 1. The molecule has 0 atom stereocenters. The Labute approximate surface area is 151 Å². The van der Waals surface area contributed by atoms with Gasteiger partial charge in [-0.1, -0.05) is 23.7 Å². The Morgan fingerprint density at radius 1 is 1.12 bits per heavy atom. The zero-order valence-electron chi connectivity index (χ0n) is 13.4. The summed E-state index contributed by atoms with van der Waals surface area (Å²) in [5.74, 6) is -1.73. The minimum absolute atomic E-state index is 0.0472. The number of halogens is 4. The molecule has 2 N–H and O–H groups in total. The van der Waals surface area contributed by atoms with E-state index in [2.05, 4.69) is 5.32 Å². The first-order valence-electron chi connectivity index (χ1n) is 7.27. The van der Waals surface area contributed by atoms with E-state index in [-0.39, 0.29) is 21.8 Å². The summed E-state index contributed by atoms with van der Waals surface area (Å²) < 4.78 is 37.6. The van der Waals surface area contributed by atoms with Gasteiger partial charge in [-0.05, 0) is 48.9 Å². The Balaban J connectivity index is 2.18. The summed E-state index contributed by atoms with van der Waals surface area (Å²) in [5, 5.41) is 11.6. The molecular formula is C18H13ClF3NO3. The summed E-state index contributed by atoms with van der Waals surface area (Å²) >= 11 is 5.94. The van der Waals surface area contributed by atoms with Gasteiger partial charge in [0.25, 0.3) is 5.91 Å². The smallest absolute Gasteiger partial charge is 0.416 e. The Morgan fingerprint density at radius 2 is 1.73 bits per heavy atom. The van der Waals surface area contributed by atoms with Crippen molar-refractivity contribution in [3.8, 4) is 0 Å². The van der Waals surface area contributed by atoms with Crippen LogP contribution in [0.15, 0.2) is 48.0 Å². The van der Waals surface area contributed by atoms with E-state index in [9.17, 15) is 22.8 Å². The van der Waals surface area contributed by atoms with Crippen LogP contribution in [-0.4, -0.2) is 17.0 Å². The minimum Gasteiger partial charge on any atom is -0.478 e. The fourth-order valence-corrected chi connectivity index (χ4v) is 2.22. The van der Waals surface area contributed by atoms with Gasteiger partial charge in [0.15, 0.2) is 0 Å². The number of carboxylic acids is 1. The number of anilines is 1. The maximum atomic E-state index is 12.5. The zero-order valence-corrected chi connectivity index (χ0v) is 14.2. The maximum Gasteiger partial charge on any atom is 0.416 e. The van der Waals surface area contributed by atoms with Gasteiger partial charge in [0.2, 0.25) is 0 Å². The molecule has 0 heterocycles. The number of carbonyl (C=O) groups excluding carboxylic acids is 1. The fraction of sp³-hybridized carbons (Fsp3) is 0.111. The van der Waals surface area contributed by atoms with Gasteiger partial charge < -0.3 is 10.4 Å². The first-order chi connectivity index (χ1) is 12.1. The predicted octanol–water partition coefficient (Wildman–Crippen LogP) is 5.10. The van der Waals surface area contributed by atoms with Crippen molar-refractivity contribution in [2.75, 3.05) is 5.32 Å². The van der Waals surface area contributed by atoms with E-state index < -0.39 is 23.6 Å². The summed E-state index contributed by atoms with van der Waals surface area (Å²) in [6.45, 7) is 1.47. The molecule has 0 fully saturated rings. The van der Waals surface area contributed by atoms with E-state index >= 15 is 0 Å². The monoisotopic (exact) mass is 383 g/mol. The lowest BCUT2D eigenvalue weighted by Crippen LogP contribution is -2.13. The van der Waals surface area contributed by atoms with Gasteiger partial charge in [-0.3, -0.25) is 4.79 Å². The van der Waals surface area contributed by atoms with Gasteiger partial charge in [-0.2, -0.15) is 13.2 Å². The first kappa shape index (κ1) is 19.5. The molecule has 0 unspecified atom stereocenters. The Hall–Kier alpha value is -2.80. The number of carbonyl (C=O) groups is 2. The van der Waals surface area contributed by atoms with Gasteiger partial charge in [0.05, 0.1) is 21.8 Å². The van der Waals surface area contributed by atoms with Gasteiger partial charge in [0, 0.05) is 5.57 Å². The molecule has 1 amide bonds. The normalized spacial score (nSPS) is 12.0. The number of hydrogen-bond acceptors (Lipinski definition) is 2. The number of carboxylic acid groups (broad SMARTS) is 1. The molecule has 0 aliphatic heterocycles. The lowest BCUT2D eigenvalue weighted by Gasteiger charge is -2.09. The first-order valence-corrected chi connectivity index (χ1v) is 7.65. The molecule has 2 aromatic carbocycles.